The van der Waals surface area contributed by atoms with E-state index in [2.05, 4.69) is 9.88 Å². The fourth-order valence-electron chi connectivity index (χ4n) is 2.75. The lowest BCUT2D eigenvalue weighted by atomic mass is 10.1. The van der Waals surface area contributed by atoms with Gasteiger partial charge in [0, 0.05) is 31.7 Å². The molecule has 3 nitrogen and oxygen atoms in total. The zero-order valence-corrected chi connectivity index (χ0v) is 11.8. The standard InChI is InChI=1S/C16H15F3N2O/c17-16(18,19)15(22)14-8-12-10-21(7-6-13(12)20-14)9-11-4-2-1-3-5-11/h1-5,8,20H,6-7,9-10H2. The van der Waals surface area contributed by atoms with Crippen molar-refractivity contribution < 1.29 is 18.0 Å². The van der Waals surface area contributed by atoms with Gasteiger partial charge in [-0.15, -0.1) is 0 Å². The van der Waals surface area contributed by atoms with Gasteiger partial charge in [0.2, 0.25) is 0 Å². The highest BCUT2D eigenvalue weighted by atomic mass is 19.4. The van der Waals surface area contributed by atoms with E-state index in [1.165, 1.54) is 6.07 Å². The van der Waals surface area contributed by atoms with Crippen LogP contribution in [0.1, 0.15) is 27.3 Å². The Balaban J connectivity index is 1.74. The maximum absolute atomic E-state index is 12.5. The van der Waals surface area contributed by atoms with Gasteiger partial charge >= 0.3 is 6.18 Å². The van der Waals surface area contributed by atoms with Crippen LogP contribution in [-0.4, -0.2) is 28.4 Å². The minimum absolute atomic E-state index is 0.362. The first kappa shape index (κ1) is 14.8. The van der Waals surface area contributed by atoms with Gasteiger partial charge in [0.25, 0.3) is 5.78 Å². The van der Waals surface area contributed by atoms with Crippen LogP contribution in [0.25, 0.3) is 0 Å². The van der Waals surface area contributed by atoms with E-state index in [9.17, 15) is 18.0 Å². The lowest BCUT2D eigenvalue weighted by molar-refractivity contribution is -0.0888. The second kappa shape index (κ2) is 5.61. The molecule has 22 heavy (non-hydrogen) atoms. The van der Waals surface area contributed by atoms with Crippen molar-refractivity contribution >= 4 is 5.78 Å². The Labute approximate surface area is 125 Å². The zero-order chi connectivity index (χ0) is 15.7. The molecule has 2 aromatic rings. The van der Waals surface area contributed by atoms with Gasteiger partial charge in [0.05, 0.1) is 5.69 Å². The van der Waals surface area contributed by atoms with Gasteiger partial charge in [0.15, 0.2) is 0 Å². The number of aromatic nitrogens is 1. The molecule has 1 aromatic carbocycles. The highest BCUT2D eigenvalue weighted by molar-refractivity contribution is 5.99. The van der Waals surface area contributed by atoms with Crippen molar-refractivity contribution in [3.63, 3.8) is 0 Å². The first-order chi connectivity index (χ1) is 10.4. The van der Waals surface area contributed by atoms with Gasteiger partial charge < -0.3 is 4.98 Å². The predicted molar refractivity (Wildman–Crippen MR) is 75.4 cm³/mol. The summed E-state index contributed by atoms with van der Waals surface area (Å²) >= 11 is 0. The van der Waals surface area contributed by atoms with Gasteiger partial charge in [-0.25, -0.2) is 0 Å². The number of benzene rings is 1. The maximum atomic E-state index is 12.5. The summed E-state index contributed by atoms with van der Waals surface area (Å²) in [5, 5.41) is 0. The van der Waals surface area contributed by atoms with E-state index >= 15 is 0 Å². The van der Waals surface area contributed by atoms with E-state index in [-0.39, 0.29) is 5.69 Å². The molecule has 0 bridgehead atoms. The van der Waals surface area contributed by atoms with Crippen molar-refractivity contribution in [1.82, 2.24) is 9.88 Å². The van der Waals surface area contributed by atoms with Crippen molar-refractivity contribution in [2.45, 2.75) is 25.7 Å². The first-order valence-corrected chi connectivity index (χ1v) is 7.02. The summed E-state index contributed by atoms with van der Waals surface area (Å²) in [4.78, 5) is 16.1. The highest BCUT2D eigenvalue weighted by Crippen LogP contribution is 2.26. The summed E-state index contributed by atoms with van der Waals surface area (Å²) in [6, 6.07) is 11.2. The Morgan fingerprint density at radius 2 is 1.95 bits per heavy atom. The number of carbonyl (C=O) groups excluding carboxylic acids is 1. The summed E-state index contributed by atoms with van der Waals surface area (Å²) in [5.74, 6) is -1.81. The second-order valence-electron chi connectivity index (χ2n) is 5.46. The number of rotatable bonds is 3. The summed E-state index contributed by atoms with van der Waals surface area (Å²) in [6.45, 7) is 2.04. The minimum Gasteiger partial charge on any atom is -0.355 e. The Morgan fingerprint density at radius 1 is 1.23 bits per heavy atom. The molecule has 1 N–H and O–H groups in total. The van der Waals surface area contributed by atoms with Crippen LogP contribution in [-0.2, 0) is 19.5 Å². The van der Waals surface area contributed by atoms with Gasteiger partial charge in [0.1, 0.15) is 0 Å². The van der Waals surface area contributed by atoms with Gasteiger partial charge in [-0.2, -0.15) is 13.2 Å². The highest BCUT2D eigenvalue weighted by Gasteiger charge is 2.40. The molecule has 0 amide bonds. The molecule has 1 aliphatic heterocycles. The van der Waals surface area contributed by atoms with Crippen LogP contribution >= 0.6 is 0 Å². The number of aromatic amines is 1. The molecule has 1 aromatic heterocycles. The molecule has 0 unspecified atom stereocenters. The van der Waals surface area contributed by atoms with E-state index in [0.29, 0.717) is 13.0 Å². The summed E-state index contributed by atoms with van der Waals surface area (Å²) in [6.07, 6.45) is -4.22. The number of ketones is 1. The van der Waals surface area contributed by atoms with Crippen LogP contribution in [0.4, 0.5) is 13.2 Å². The fourth-order valence-corrected chi connectivity index (χ4v) is 2.75. The largest absolute Gasteiger partial charge is 0.456 e. The fraction of sp³-hybridized carbons (Fsp3) is 0.312. The van der Waals surface area contributed by atoms with Crippen LogP contribution in [0, 0.1) is 0 Å². The van der Waals surface area contributed by atoms with Crippen LogP contribution in [0.2, 0.25) is 0 Å². The van der Waals surface area contributed by atoms with Crippen LogP contribution in [0.5, 0.6) is 0 Å². The molecular weight excluding hydrogens is 293 g/mol. The van der Waals surface area contributed by atoms with Crippen LogP contribution < -0.4 is 0 Å². The van der Waals surface area contributed by atoms with Crippen LogP contribution in [0.15, 0.2) is 36.4 Å². The van der Waals surface area contributed by atoms with Gasteiger partial charge in [-0.1, -0.05) is 30.3 Å². The summed E-state index contributed by atoms with van der Waals surface area (Å²) in [5.41, 5.74) is 2.30. The third-order valence-corrected chi connectivity index (χ3v) is 3.81. The van der Waals surface area contributed by atoms with Crippen molar-refractivity contribution in [2.24, 2.45) is 0 Å². The molecule has 3 rings (SSSR count). The average Bonchev–Trinajstić information content (AvgIpc) is 2.89. The lowest BCUT2D eigenvalue weighted by Gasteiger charge is -2.26. The van der Waals surface area contributed by atoms with Crippen molar-refractivity contribution in [1.29, 1.82) is 0 Å². The first-order valence-electron chi connectivity index (χ1n) is 7.02. The molecule has 6 heteroatoms. The molecule has 0 atom stereocenters. The van der Waals surface area contributed by atoms with E-state index < -0.39 is 12.0 Å². The number of fused-ring (bicyclic) bond motifs is 1. The maximum Gasteiger partial charge on any atom is 0.456 e. The zero-order valence-electron chi connectivity index (χ0n) is 11.8. The third kappa shape index (κ3) is 3.06. The molecule has 116 valence electrons. The molecule has 1 aliphatic rings. The van der Waals surface area contributed by atoms with Crippen molar-refractivity contribution in [2.75, 3.05) is 6.54 Å². The predicted octanol–water partition coefficient (Wildman–Crippen LogP) is 3.32. The number of alkyl halides is 3. The summed E-state index contributed by atoms with van der Waals surface area (Å²) in [7, 11) is 0. The Hall–Kier alpha value is -2.08. The van der Waals surface area contributed by atoms with E-state index in [0.717, 1.165) is 29.9 Å². The molecular formula is C16H15F3N2O. The molecule has 0 radical (unpaired) electrons. The topological polar surface area (TPSA) is 36.1 Å². The smallest absolute Gasteiger partial charge is 0.355 e. The number of halogens is 3. The van der Waals surface area contributed by atoms with Gasteiger partial charge in [-0.05, 0) is 17.2 Å². The lowest BCUT2D eigenvalue weighted by Crippen LogP contribution is -2.29. The van der Waals surface area contributed by atoms with E-state index in [4.69, 9.17) is 0 Å². The Morgan fingerprint density at radius 3 is 2.64 bits per heavy atom. The number of Topliss-reactive ketones (excluding diaryl/α,β-unsaturated/α-hetero) is 1. The normalized spacial score (nSPS) is 15.6. The molecule has 0 aliphatic carbocycles. The molecule has 0 saturated heterocycles. The van der Waals surface area contributed by atoms with E-state index in [1.54, 1.807) is 0 Å². The van der Waals surface area contributed by atoms with Crippen LogP contribution in [0.3, 0.4) is 0 Å². The number of hydrogen-bond acceptors (Lipinski definition) is 2. The average molecular weight is 308 g/mol. The quantitative estimate of drug-likeness (QED) is 0.883. The van der Waals surface area contributed by atoms with E-state index in [1.807, 2.05) is 30.3 Å². The number of hydrogen-bond donors (Lipinski definition) is 1. The van der Waals surface area contributed by atoms with Gasteiger partial charge in [-0.3, -0.25) is 9.69 Å². The third-order valence-electron chi connectivity index (χ3n) is 3.81. The number of nitrogens with zero attached hydrogens (tertiary/aromatic N) is 1. The summed E-state index contributed by atoms with van der Waals surface area (Å²) < 4.78 is 37.5. The second-order valence-corrected chi connectivity index (χ2v) is 5.46. The number of nitrogens with one attached hydrogen (secondary N) is 1. The van der Waals surface area contributed by atoms with Crippen molar-refractivity contribution in [3.05, 3.63) is 58.9 Å². The van der Waals surface area contributed by atoms with Crippen molar-refractivity contribution in [3.8, 4) is 0 Å². The SMILES string of the molecule is O=C(c1cc2c([nH]1)CCN(Cc1ccccc1)C2)C(F)(F)F. The molecule has 0 fully saturated rings. The minimum atomic E-state index is -4.84. The number of H-pyrrole nitrogens is 1. The molecule has 0 spiro atoms. The monoisotopic (exact) mass is 308 g/mol. The Bertz CT molecular complexity index is 676. The molecule has 0 saturated carbocycles. The number of carbonyl (C=O) groups is 1. The molecule has 2 heterocycles. The Kier molecular flexibility index (Phi) is 3.78.